The van der Waals surface area contributed by atoms with Crippen LogP contribution in [0.2, 0.25) is 10.0 Å². The van der Waals surface area contributed by atoms with Crippen LogP contribution in [-0.2, 0) is 18.2 Å². The number of likely N-dealkylation sites (tertiary alicyclic amines) is 1. The summed E-state index contributed by atoms with van der Waals surface area (Å²) in [5.74, 6) is 0.437. The van der Waals surface area contributed by atoms with Gasteiger partial charge in [0.1, 0.15) is 0 Å². The zero-order valence-corrected chi connectivity index (χ0v) is 20.6. The van der Waals surface area contributed by atoms with Crippen LogP contribution < -0.4 is 0 Å². The van der Waals surface area contributed by atoms with Crippen LogP contribution in [0.25, 0.3) is 10.9 Å². The minimum absolute atomic E-state index is 0.0552. The molecule has 5 nitrogen and oxygen atoms in total. The number of amides is 1. The Bertz CT molecular complexity index is 1250. The zero-order valence-electron chi connectivity index (χ0n) is 19.1. The van der Waals surface area contributed by atoms with Crippen molar-refractivity contribution in [3.8, 4) is 6.07 Å². The molecule has 1 aliphatic rings. The molecule has 0 unspecified atom stereocenters. The maximum absolute atomic E-state index is 13.3. The van der Waals surface area contributed by atoms with Crippen molar-refractivity contribution in [3.63, 3.8) is 0 Å². The first-order chi connectivity index (χ1) is 15.8. The van der Waals surface area contributed by atoms with E-state index in [9.17, 15) is 10.1 Å². The lowest BCUT2D eigenvalue weighted by Crippen LogP contribution is -2.39. The highest BCUT2D eigenvalue weighted by Gasteiger charge is 2.26. The Labute approximate surface area is 204 Å². The Morgan fingerprint density at radius 1 is 1.21 bits per heavy atom. The van der Waals surface area contributed by atoms with Gasteiger partial charge in [0.05, 0.1) is 22.2 Å². The van der Waals surface area contributed by atoms with E-state index in [1.807, 2.05) is 31.0 Å². The summed E-state index contributed by atoms with van der Waals surface area (Å²) in [6.45, 7) is 4.13. The van der Waals surface area contributed by atoms with Gasteiger partial charge in [-0.25, -0.2) is 0 Å². The van der Waals surface area contributed by atoms with Crippen molar-refractivity contribution < 1.29 is 9.53 Å². The van der Waals surface area contributed by atoms with Gasteiger partial charge in [0.15, 0.2) is 0 Å². The van der Waals surface area contributed by atoms with Crippen molar-refractivity contribution in [1.29, 1.82) is 5.26 Å². The Balaban J connectivity index is 1.63. The molecule has 4 rings (SSSR count). The van der Waals surface area contributed by atoms with E-state index in [4.69, 9.17) is 27.9 Å². The molecule has 0 spiro atoms. The number of methoxy groups -OCH3 is 1. The van der Waals surface area contributed by atoms with Gasteiger partial charge in [0.2, 0.25) is 0 Å². The van der Waals surface area contributed by atoms with Gasteiger partial charge in [0.25, 0.3) is 5.91 Å². The van der Waals surface area contributed by atoms with Crippen LogP contribution in [-0.4, -0.2) is 42.2 Å². The second kappa shape index (κ2) is 9.77. The first kappa shape index (κ1) is 23.6. The molecule has 0 saturated carbocycles. The highest BCUT2D eigenvalue weighted by Crippen LogP contribution is 2.33. The third-order valence-corrected chi connectivity index (χ3v) is 7.46. The number of aromatic nitrogens is 1. The van der Waals surface area contributed by atoms with Gasteiger partial charge in [-0.1, -0.05) is 23.2 Å². The summed E-state index contributed by atoms with van der Waals surface area (Å²) in [5, 5.41) is 11.4. The number of rotatable bonds is 5. The monoisotopic (exact) mass is 483 g/mol. The second-order valence-corrected chi connectivity index (χ2v) is 9.57. The lowest BCUT2D eigenvalue weighted by molar-refractivity contribution is 0.0613. The third kappa shape index (κ3) is 4.61. The van der Waals surface area contributed by atoms with Gasteiger partial charge in [-0.2, -0.15) is 5.26 Å². The van der Waals surface area contributed by atoms with Gasteiger partial charge in [-0.3, -0.25) is 4.79 Å². The van der Waals surface area contributed by atoms with Crippen LogP contribution in [0.5, 0.6) is 0 Å². The molecule has 33 heavy (non-hydrogen) atoms. The smallest absolute Gasteiger partial charge is 0.255 e. The molecule has 0 aliphatic carbocycles. The van der Waals surface area contributed by atoms with Crippen LogP contribution in [0.4, 0.5) is 0 Å². The molecule has 0 bridgehead atoms. The largest absolute Gasteiger partial charge is 0.384 e. The van der Waals surface area contributed by atoms with Crippen molar-refractivity contribution >= 4 is 40.0 Å². The number of nitrogens with zero attached hydrogens (tertiary/aromatic N) is 3. The predicted octanol–water partition coefficient (Wildman–Crippen LogP) is 5.75. The number of hydrogen-bond donors (Lipinski definition) is 0. The van der Waals surface area contributed by atoms with Crippen molar-refractivity contribution in [2.24, 2.45) is 13.0 Å². The number of ether oxygens (including phenoxy) is 1. The Hall–Kier alpha value is -2.52. The van der Waals surface area contributed by atoms with Gasteiger partial charge in [0, 0.05) is 61.9 Å². The molecular formula is C26H27Cl2N3O2. The van der Waals surface area contributed by atoms with E-state index in [-0.39, 0.29) is 5.91 Å². The van der Waals surface area contributed by atoms with Gasteiger partial charge >= 0.3 is 0 Å². The summed E-state index contributed by atoms with van der Waals surface area (Å²) in [6, 6.07) is 11.6. The minimum atomic E-state index is -0.0552. The average molecular weight is 484 g/mol. The van der Waals surface area contributed by atoms with Crippen LogP contribution in [0.1, 0.15) is 45.6 Å². The van der Waals surface area contributed by atoms with Crippen molar-refractivity contribution in [3.05, 3.63) is 68.3 Å². The summed E-state index contributed by atoms with van der Waals surface area (Å²) in [5.41, 5.74) is 4.90. The molecule has 1 fully saturated rings. The summed E-state index contributed by atoms with van der Waals surface area (Å²) in [7, 11) is 3.69. The zero-order chi connectivity index (χ0) is 23.7. The summed E-state index contributed by atoms with van der Waals surface area (Å²) >= 11 is 13.3. The van der Waals surface area contributed by atoms with E-state index in [1.165, 1.54) is 0 Å². The summed E-state index contributed by atoms with van der Waals surface area (Å²) in [6.07, 6.45) is 2.34. The molecule has 1 saturated heterocycles. The molecule has 1 amide bonds. The number of hydrogen-bond acceptors (Lipinski definition) is 3. The van der Waals surface area contributed by atoms with Crippen LogP contribution in [0, 0.1) is 24.2 Å². The molecule has 0 radical (unpaired) electrons. The predicted molar refractivity (Wildman–Crippen MR) is 132 cm³/mol. The average Bonchev–Trinajstić information content (AvgIpc) is 3.13. The molecule has 2 aromatic carbocycles. The van der Waals surface area contributed by atoms with E-state index in [0.29, 0.717) is 46.6 Å². The van der Waals surface area contributed by atoms with E-state index in [1.54, 1.807) is 19.2 Å². The molecule has 3 aromatic rings. The second-order valence-electron chi connectivity index (χ2n) is 8.79. The topological polar surface area (TPSA) is 58.3 Å². The molecule has 0 N–H and O–H groups in total. The van der Waals surface area contributed by atoms with Crippen molar-refractivity contribution in [2.45, 2.75) is 26.2 Å². The summed E-state index contributed by atoms with van der Waals surface area (Å²) < 4.78 is 7.32. The lowest BCUT2D eigenvalue weighted by atomic mass is 9.97. The maximum atomic E-state index is 13.3. The maximum Gasteiger partial charge on any atom is 0.255 e. The highest BCUT2D eigenvalue weighted by molar-refractivity contribution is 6.38. The first-order valence-corrected chi connectivity index (χ1v) is 11.8. The Kier molecular flexibility index (Phi) is 6.99. The van der Waals surface area contributed by atoms with E-state index >= 15 is 0 Å². The van der Waals surface area contributed by atoms with Crippen LogP contribution >= 0.6 is 23.2 Å². The Morgan fingerprint density at radius 3 is 2.61 bits per heavy atom. The first-order valence-electron chi connectivity index (χ1n) is 11.1. The minimum Gasteiger partial charge on any atom is -0.384 e. The van der Waals surface area contributed by atoms with Gasteiger partial charge in [-0.15, -0.1) is 0 Å². The molecule has 1 aliphatic heterocycles. The fourth-order valence-electron chi connectivity index (χ4n) is 4.71. The number of carbonyl (C=O) groups is 1. The molecule has 7 heteroatoms. The normalized spacial score (nSPS) is 14.6. The number of benzene rings is 2. The fourth-order valence-corrected chi connectivity index (χ4v) is 5.30. The number of piperidine rings is 1. The SMILES string of the molecule is COCC1CCN(C(=O)c2ccc(Cl)c(Cc3cc4c(C)cc(C#N)cc4n3C)c2Cl)CC1. The molecular weight excluding hydrogens is 457 g/mol. The van der Waals surface area contributed by atoms with E-state index < -0.39 is 0 Å². The van der Waals surface area contributed by atoms with Crippen molar-refractivity contribution in [2.75, 3.05) is 26.8 Å². The number of aryl methyl sites for hydroxylation is 2. The molecule has 1 aromatic heterocycles. The number of nitriles is 1. The fraction of sp³-hybridized carbons (Fsp3) is 0.385. The van der Waals surface area contributed by atoms with Crippen molar-refractivity contribution in [1.82, 2.24) is 9.47 Å². The molecule has 172 valence electrons. The van der Waals surface area contributed by atoms with Gasteiger partial charge in [-0.05, 0) is 67.1 Å². The third-order valence-electron chi connectivity index (χ3n) is 6.68. The molecule has 2 heterocycles. The molecule has 0 atom stereocenters. The van der Waals surface area contributed by atoms with E-state index in [0.717, 1.165) is 47.2 Å². The number of fused-ring (bicyclic) bond motifs is 1. The van der Waals surface area contributed by atoms with E-state index in [2.05, 4.69) is 16.7 Å². The number of halogens is 2. The quantitative estimate of drug-likeness (QED) is 0.463. The Morgan fingerprint density at radius 2 is 1.94 bits per heavy atom. The van der Waals surface area contributed by atoms with Crippen LogP contribution in [0.15, 0.2) is 30.3 Å². The summed E-state index contributed by atoms with van der Waals surface area (Å²) in [4.78, 5) is 15.1. The standard InChI is InChI=1S/C26H27Cl2N3O2/c1-16-10-18(14-29)11-24-21(16)12-19(30(24)2)13-22-23(27)5-4-20(25(22)28)26(32)31-8-6-17(7-9-31)15-33-3/h4-5,10-12,17H,6-9,13,15H2,1-3H3. The highest BCUT2D eigenvalue weighted by atomic mass is 35.5. The lowest BCUT2D eigenvalue weighted by Gasteiger charge is -2.32. The van der Waals surface area contributed by atoms with Crippen LogP contribution in [0.3, 0.4) is 0 Å². The number of carbonyl (C=O) groups excluding carboxylic acids is 1. The van der Waals surface area contributed by atoms with Gasteiger partial charge < -0.3 is 14.2 Å².